The van der Waals surface area contributed by atoms with Crippen LogP contribution in [0.3, 0.4) is 0 Å². The van der Waals surface area contributed by atoms with Gasteiger partial charge in [0, 0.05) is 17.0 Å². The predicted molar refractivity (Wildman–Crippen MR) is 88.1 cm³/mol. The first-order chi connectivity index (χ1) is 9.63. The van der Waals surface area contributed by atoms with Crippen LogP contribution in [0.25, 0.3) is 0 Å². The number of carbonyl (C=O) groups excluding carboxylic acids is 1. The van der Waals surface area contributed by atoms with Crippen LogP contribution in [0.5, 0.6) is 0 Å². The first-order valence-electron chi connectivity index (χ1n) is 6.45. The second kappa shape index (κ2) is 5.88. The maximum atomic E-state index is 11.6. The Bertz CT molecular complexity index is 655. The minimum Gasteiger partial charge on any atom is -0.326 e. The lowest BCUT2D eigenvalue weighted by Crippen LogP contribution is -2.09. The Labute approximate surface area is 135 Å². The molecule has 1 atom stereocenters. The molecule has 0 radical (unpaired) electrons. The third kappa shape index (κ3) is 2.92. The number of amides is 1. The average Bonchev–Trinajstić information content (AvgIpc) is 2.77. The summed E-state index contributed by atoms with van der Waals surface area (Å²) in [5.41, 5.74) is 3.35. The van der Waals surface area contributed by atoms with Crippen LogP contribution < -0.4 is 5.32 Å². The Balaban J connectivity index is 1.92. The molecule has 2 heterocycles. The molecule has 1 aromatic carbocycles. The molecule has 1 N–H and O–H groups in total. The second-order valence-electron chi connectivity index (χ2n) is 4.82. The van der Waals surface area contributed by atoms with E-state index in [1.807, 2.05) is 18.2 Å². The van der Waals surface area contributed by atoms with Crippen molar-refractivity contribution in [3.8, 4) is 0 Å². The van der Waals surface area contributed by atoms with Crippen molar-refractivity contribution in [1.82, 2.24) is 0 Å². The fourth-order valence-corrected chi connectivity index (χ4v) is 4.17. The summed E-state index contributed by atoms with van der Waals surface area (Å²) in [7, 11) is 0. The molecule has 1 aliphatic heterocycles. The van der Waals surface area contributed by atoms with Crippen molar-refractivity contribution in [2.45, 2.75) is 24.1 Å². The Kier molecular flexibility index (Phi) is 4.15. The molecule has 0 fully saturated rings. The van der Waals surface area contributed by atoms with Gasteiger partial charge in [0.25, 0.3) is 0 Å². The number of hydrogen-bond donors (Lipinski definition) is 1. The molecule has 0 bridgehead atoms. The summed E-state index contributed by atoms with van der Waals surface area (Å²) < 4.78 is 0.798. The molecule has 104 valence electrons. The molecule has 2 nitrogen and oxygen atoms in total. The maximum absolute atomic E-state index is 11.6. The zero-order valence-corrected chi connectivity index (χ0v) is 13.8. The fourth-order valence-electron chi connectivity index (χ4n) is 2.38. The largest absolute Gasteiger partial charge is 0.326 e. The Morgan fingerprint density at radius 3 is 2.85 bits per heavy atom. The second-order valence-corrected chi connectivity index (χ2v) is 7.49. The van der Waals surface area contributed by atoms with Crippen molar-refractivity contribution in [2.24, 2.45) is 0 Å². The van der Waals surface area contributed by atoms with Crippen molar-refractivity contribution in [3.05, 3.63) is 50.7 Å². The molecule has 20 heavy (non-hydrogen) atoms. The van der Waals surface area contributed by atoms with E-state index >= 15 is 0 Å². The van der Waals surface area contributed by atoms with Crippen LogP contribution in [-0.2, 0) is 11.2 Å². The molecule has 5 heteroatoms. The summed E-state index contributed by atoms with van der Waals surface area (Å²) in [6, 6.07) is 10.2. The lowest BCUT2D eigenvalue weighted by Gasteiger charge is -2.12. The number of nitrogens with one attached hydrogen (secondary N) is 1. The highest BCUT2D eigenvalue weighted by atomic mass is 79.9. The zero-order chi connectivity index (χ0) is 14.1. The smallest absolute Gasteiger partial charge is 0.224 e. The molecule has 0 aliphatic carbocycles. The van der Waals surface area contributed by atoms with E-state index < -0.39 is 0 Å². The van der Waals surface area contributed by atoms with Crippen molar-refractivity contribution in [2.75, 3.05) is 5.32 Å². The average molecular weight is 371 g/mol. The lowest BCUT2D eigenvalue weighted by atomic mass is 10.0. The van der Waals surface area contributed by atoms with E-state index in [9.17, 15) is 4.79 Å². The van der Waals surface area contributed by atoms with E-state index in [1.165, 1.54) is 16.0 Å². The third-order valence-corrected chi connectivity index (χ3v) is 6.01. The number of rotatable bonds is 2. The van der Waals surface area contributed by atoms with Crippen LogP contribution in [0.15, 0.2) is 30.3 Å². The first-order valence-corrected chi connectivity index (χ1v) is 8.56. The summed E-state index contributed by atoms with van der Waals surface area (Å²) in [5, 5.41) is 2.96. The highest BCUT2D eigenvalue weighted by Crippen LogP contribution is 2.38. The molecular formula is C15H13BrClNOS. The van der Waals surface area contributed by atoms with Gasteiger partial charge in [-0.3, -0.25) is 4.79 Å². The Morgan fingerprint density at radius 2 is 2.10 bits per heavy atom. The third-order valence-electron chi connectivity index (χ3n) is 3.39. The first kappa shape index (κ1) is 14.1. The van der Waals surface area contributed by atoms with E-state index in [1.54, 1.807) is 11.3 Å². The minimum atomic E-state index is 0.108. The van der Waals surface area contributed by atoms with Crippen LogP contribution in [0.2, 0.25) is 4.34 Å². The van der Waals surface area contributed by atoms with Gasteiger partial charge in [0.2, 0.25) is 5.91 Å². The van der Waals surface area contributed by atoms with Gasteiger partial charge in [-0.25, -0.2) is 0 Å². The topological polar surface area (TPSA) is 29.1 Å². The fraction of sp³-hybridized carbons (Fsp3) is 0.267. The molecule has 1 aliphatic rings. The van der Waals surface area contributed by atoms with Crippen LogP contribution in [0, 0.1) is 0 Å². The van der Waals surface area contributed by atoms with Crippen molar-refractivity contribution >= 4 is 50.5 Å². The van der Waals surface area contributed by atoms with Crippen molar-refractivity contribution < 1.29 is 4.79 Å². The minimum absolute atomic E-state index is 0.108. The van der Waals surface area contributed by atoms with Crippen LogP contribution in [0.1, 0.15) is 33.7 Å². The summed E-state index contributed by atoms with van der Waals surface area (Å²) in [6.07, 6.45) is 2.44. The number of benzene rings is 1. The Morgan fingerprint density at radius 1 is 1.25 bits per heavy atom. The molecule has 0 spiro atoms. The number of carbonyl (C=O) groups is 1. The van der Waals surface area contributed by atoms with Crippen LogP contribution in [-0.4, -0.2) is 5.91 Å². The molecular weight excluding hydrogens is 358 g/mol. The zero-order valence-electron chi connectivity index (χ0n) is 10.7. The Hall–Kier alpha value is -0.840. The van der Waals surface area contributed by atoms with Gasteiger partial charge < -0.3 is 5.32 Å². The SMILES string of the molecule is O=C1CCCc2cc(C(Br)c3ccc(Cl)s3)ccc2N1. The lowest BCUT2D eigenvalue weighted by molar-refractivity contribution is -0.116. The van der Waals surface area contributed by atoms with Gasteiger partial charge in [-0.15, -0.1) is 11.3 Å². The van der Waals surface area contributed by atoms with Crippen molar-refractivity contribution in [1.29, 1.82) is 0 Å². The maximum Gasteiger partial charge on any atom is 0.224 e. The van der Waals surface area contributed by atoms with Gasteiger partial charge in [0.1, 0.15) is 0 Å². The van der Waals surface area contributed by atoms with Crippen LogP contribution in [0.4, 0.5) is 5.69 Å². The van der Waals surface area contributed by atoms with Crippen LogP contribution >= 0.6 is 38.9 Å². The van der Waals surface area contributed by atoms with E-state index in [-0.39, 0.29) is 10.7 Å². The molecule has 0 saturated heterocycles. The number of halogens is 2. The highest BCUT2D eigenvalue weighted by molar-refractivity contribution is 9.09. The number of thiophene rings is 1. The van der Waals surface area contributed by atoms with E-state index in [0.717, 1.165) is 22.9 Å². The summed E-state index contributed by atoms with van der Waals surface area (Å²) >= 11 is 11.3. The number of alkyl halides is 1. The van der Waals surface area contributed by atoms with Gasteiger partial charge in [-0.05, 0) is 42.2 Å². The molecule has 2 aromatic rings. The quantitative estimate of drug-likeness (QED) is 0.727. The van der Waals surface area contributed by atoms with E-state index in [0.29, 0.717) is 6.42 Å². The van der Waals surface area contributed by atoms with Gasteiger partial charge in [0.15, 0.2) is 0 Å². The van der Waals surface area contributed by atoms with E-state index in [2.05, 4.69) is 33.4 Å². The highest BCUT2D eigenvalue weighted by Gasteiger charge is 2.17. The number of hydrogen-bond acceptors (Lipinski definition) is 2. The summed E-state index contributed by atoms with van der Waals surface area (Å²) in [6.45, 7) is 0. The molecule has 1 amide bonds. The molecule has 0 saturated carbocycles. The standard InChI is InChI=1S/C15H13BrClNOS/c16-15(12-6-7-13(17)20-12)10-4-5-11-9(8-10)2-1-3-14(19)18-11/h4-8,15H,1-3H2,(H,18,19). The number of fused-ring (bicyclic) bond motifs is 1. The summed E-state index contributed by atoms with van der Waals surface area (Å²) in [5.74, 6) is 0.108. The number of aryl methyl sites for hydroxylation is 1. The number of anilines is 1. The molecule has 1 unspecified atom stereocenters. The van der Waals surface area contributed by atoms with Gasteiger partial charge in [-0.1, -0.05) is 39.7 Å². The summed E-state index contributed by atoms with van der Waals surface area (Å²) in [4.78, 5) is 12.9. The molecule has 1 aromatic heterocycles. The molecule has 3 rings (SSSR count). The monoisotopic (exact) mass is 369 g/mol. The van der Waals surface area contributed by atoms with E-state index in [4.69, 9.17) is 11.6 Å². The van der Waals surface area contributed by atoms with Crippen molar-refractivity contribution in [3.63, 3.8) is 0 Å². The van der Waals surface area contributed by atoms with Gasteiger partial charge in [0.05, 0.1) is 9.16 Å². The predicted octanol–water partition coefficient (Wildman–Crippen LogP) is 5.16. The normalized spacial score (nSPS) is 16.2. The van der Waals surface area contributed by atoms with Gasteiger partial charge in [-0.2, -0.15) is 0 Å². The van der Waals surface area contributed by atoms with Gasteiger partial charge >= 0.3 is 0 Å².